The number of nitrogens with two attached hydrogens (primary N) is 1. The number of aliphatic hydroxyl groups is 1. The van der Waals surface area contributed by atoms with Gasteiger partial charge in [0, 0.05) is 12.1 Å². The number of aliphatic hydroxyl groups excluding tert-OH is 1. The maximum Gasteiger partial charge on any atom is 0.407 e. The van der Waals surface area contributed by atoms with Crippen LogP contribution in [0.15, 0.2) is 18.2 Å². The smallest absolute Gasteiger partial charge is 0.407 e. The Kier molecular flexibility index (Phi) is 7.33. The molecule has 0 aromatic heterocycles. The maximum absolute atomic E-state index is 13.3. The lowest BCUT2D eigenvalue weighted by Gasteiger charge is -2.41. The van der Waals surface area contributed by atoms with Gasteiger partial charge in [-0.25, -0.2) is 13.6 Å². The monoisotopic (exact) mass is 402 g/mol. The average molecular weight is 402 g/mol. The Morgan fingerprint density at radius 1 is 1.36 bits per heavy atom. The predicted octanol–water partition coefficient (Wildman–Crippen LogP) is 1.96. The number of nitrogens with zero attached hydrogens (tertiary/aromatic N) is 1. The molecule has 0 bridgehead atoms. The van der Waals surface area contributed by atoms with Crippen molar-refractivity contribution < 1.29 is 33.3 Å². The highest BCUT2D eigenvalue weighted by Gasteiger charge is 2.39. The Labute approximate surface area is 163 Å². The van der Waals surface area contributed by atoms with Crippen molar-refractivity contribution in [2.75, 3.05) is 19.8 Å². The van der Waals surface area contributed by atoms with E-state index in [4.69, 9.17) is 15.2 Å². The number of carbonyl (C=O) groups is 1. The van der Waals surface area contributed by atoms with Crippen molar-refractivity contribution in [2.24, 2.45) is 11.1 Å². The van der Waals surface area contributed by atoms with Crippen LogP contribution in [0.3, 0.4) is 0 Å². The molecule has 4 atom stereocenters. The summed E-state index contributed by atoms with van der Waals surface area (Å²) in [6, 6.07) is 1.13. The van der Waals surface area contributed by atoms with Gasteiger partial charge in [-0.1, -0.05) is 20.8 Å². The van der Waals surface area contributed by atoms with Crippen molar-refractivity contribution in [1.29, 1.82) is 0 Å². The number of morpholine rings is 1. The predicted molar refractivity (Wildman–Crippen MR) is 97.7 cm³/mol. The zero-order chi connectivity index (χ0) is 21.1. The van der Waals surface area contributed by atoms with Crippen LogP contribution in [0.25, 0.3) is 0 Å². The van der Waals surface area contributed by atoms with Gasteiger partial charge >= 0.3 is 6.09 Å². The fourth-order valence-corrected chi connectivity index (χ4v) is 3.00. The SMILES string of the molecule is CC(C)(C)CO[C@H]1CN(C(=O)O)[C@@H]([C@@H](O)[C@@H](N)Cc2cc(F)cc(F)c2)CO1. The van der Waals surface area contributed by atoms with Gasteiger partial charge in [-0.15, -0.1) is 0 Å². The van der Waals surface area contributed by atoms with Crippen LogP contribution < -0.4 is 5.73 Å². The quantitative estimate of drug-likeness (QED) is 0.672. The first-order valence-corrected chi connectivity index (χ1v) is 9.07. The number of hydrogen-bond acceptors (Lipinski definition) is 5. The van der Waals surface area contributed by atoms with Gasteiger partial charge in [0.1, 0.15) is 11.6 Å². The average Bonchev–Trinajstić information content (AvgIpc) is 2.57. The second kappa shape index (κ2) is 9.13. The minimum Gasteiger partial charge on any atom is -0.465 e. The van der Waals surface area contributed by atoms with E-state index in [9.17, 15) is 23.8 Å². The molecule has 1 aliphatic rings. The van der Waals surface area contributed by atoms with Gasteiger partial charge in [0.2, 0.25) is 0 Å². The van der Waals surface area contributed by atoms with Gasteiger partial charge in [0.15, 0.2) is 6.29 Å². The number of amides is 1. The number of halogens is 2. The van der Waals surface area contributed by atoms with E-state index in [1.807, 2.05) is 20.8 Å². The largest absolute Gasteiger partial charge is 0.465 e. The molecule has 7 nitrogen and oxygen atoms in total. The van der Waals surface area contributed by atoms with E-state index >= 15 is 0 Å². The van der Waals surface area contributed by atoms with Crippen LogP contribution in [0.1, 0.15) is 26.3 Å². The van der Waals surface area contributed by atoms with Crippen LogP contribution in [0.4, 0.5) is 13.6 Å². The molecule has 0 spiro atoms. The summed E-state index contributed by atoms with van der Waals surface area (Å²) in [7, 11) is 0. The van der Waals surface area contributed by atoms with Crippen molar-refractivity contribution in [3.63, 3.8) is 0 Å². The number of carboxylic acid groups (broad SMARTS) is 1. The lowest BCUT2D eigenvalue weighted by atomic mass is 9.96. The van der Waals surface area contributed by atoms with E-state index in [1.54, 1.807) is 0 Å². The molecule has 1 amide bonds. The third-order valence-corrected chi connectivity index (χ3v) is 4.37. The molecule has 1 saturated heterocycles. The van der Waals surface area contributed by atoms with Gasteiger partial charge < -0.3 is 25.4 Å². The first kappa shape index (κ1) is 22.5. The van der Waals surface area contributed by atoms with E-state index < -0.39 is 42.2 Å². The molecule has 1 aromatic carbocycles. The number of benzene rings is 1. The van der Waals surface area contributed by atoms with Crippen molar-refractivity contribution in [2.45, 2.75) is 51.7 Å². The van der Waals surface area contributed by atoms with Crippen LogP contribution in [-0.2, 0) is 15.9 Å². The molecule has 9 heteroatoms. The van der Waals surface area contributed by atoms with Crippen LogP contribution in [0.5, 0.6) is 0 Å². The van der Waals surface area contributed by atoms with E-state index in [2.05, 4.69) is 0 Å². The Hall–Kier alpha value is -1.81. The minimum atomic E-state index is -1.29. The number of rotatable bonds is 6. The molecular weight excluding hydrogens is 374 g/mol. The summed E-state index contributed by atoms with van der Waals surface area (Å²) < 4.78 is 37.9. The zero-order valence-electron chi connectivity index (χ0n) is 16.3. The van der Waals surface area contributed by atoms with Crippen LogP contribution in [0.2, 0.25) is 0 Å². The van der Waals surface area contributed by atoms with Gasteiger partial charge in [-0.05, 0) is 29.5 Å². The second-order valence-electron chi connectivity index (χ2n) is 8.27. The molecule has 1 aliphatic heterocycles. The topological polar surface area (TPSA) is 105 Å². The summed E-state index contributed by atoms with van der Waals surface area (Å²) in [6.07, 6.45) is -3.29. The van der Waals surface area contributed by atoms with E-state index in [0.717, 1.165) is 23.1 Å². The lowest BCUT2D eigenvalue weighted by molar-refractivity contribution is -0.208. The standard InChI is InChI=1S/C19H28F2N2O5/c1-19(2,3)10-28-16-8-23(18(25)26)15(9-27-16)17(24)14(22)6-11-4-12(20)7-13(21)5-11/h4-5,7,14-17,24H,6,8-10,22H2,1-3H3,(H,25,26)/t14-,15+,16-,17-/m0/s1. The summed E-state index contributed by atoms with van der Waals surface area (Å²) in [5.41, 5.74) is 6.15. The normalized spacial score (nSPS) is 22.8. The summed E-state index contributed by atoms with van der Waals surface area (Å²) in [5.74, 6) is -1.49. The zero-order valence-corrected chi connectivity index (χ0v) is 16.3. The van der Waals surface area contributed by atoms with Gasteiger partial charge in [0.25, 0.3) is 0 Å². The summed E-state index contributed by atoms with van der Waals surface area (Å²) in [6.45, 7) is 6.13. The molecule has 2 rings (SSSR count). The molecule has 0 saturated carbocycles. The van der Waals surface area contributed by atoms with Crippen LogP contribution >= 0.6 is 0 Å². The highest BCUT2D eigenvalue weighted by Crippen LogP contribution is 2.21. The molecule has 0 unspecified atom stereocenters. The fraction of sp³-hybridized carbons (Fsp3) is 0.632. The number of ether oxygens (including phenoxy) is 2. The lowest BCUT2D eigenvalue weighted by Crippen LogP contribution is -2.61. The molecule has 1 fully saturated rings. The Morgan fingerprint density at radius 3 is 2.50 bits per heavy atom. The fourth-order valence-electron chi connectivity index (χ4n) is 3.00. The molecule has 1 aromatic rings. The van der Waals surface area contributed by atoms with E-state index in [-0.39, 0.29) is 30.6 Å². The molecule has 0 aliphatic carbocycles. The molecule has 4 N–H and O–H groups in total. The van der Waals surface area contributed by atoms with E-state index in [0.29, 0.717) is 6.61 Å². The van der Waals surface area contributed by atoms with Crippen molar-refractivity contribution >= 4 is 6.09 Å². The molecule has 28 heavy (non-hydrogen) atoms. The maximum atomic E-state index is 13.3. The summed E-state index contributed by atoms with van der Waals surface area (Å²) >= 11 is 0. The summed E-state index contributed by atoms with van der Waals surface area (Å²) in [5, 5.41) is 20.1. The third kappa shape index (κ3) is 6.37. The first-order valence-electron chi connectivity index (χ1n) is 9.07. The second-order valence-corrected chi connectivity index (χ2v) is 8.27. The number of hydrogen-bond donors (Lipinski definition) is 3. The Morgan fingerprint density at radius 2 is 1.96 bits per heavy atom. The van der Waals surface area contributed by atoms with Crippen molar-refractivity contribution in [1.82, 2.24) is 4.90 Å². The van der Waals surface area contributed by atoms with Crippen LogP contribution in [-0.4, -0.2) is 65.4 Å². The molecule has 158 valence electrons. The summed E-state index contributed by atoms with van der Waals surface area (Å²) in [4.78, 5) is 12.7. The van der Waals surface area contributed by atoms with Crippen molar-refractivity contribution in [3.05, 3.63) is 35.4 Å². The van der Waals surface area contributed by atoms with Gasteiger partial charge in [0.05, 0.1) is 31.9 Å². The third-order valence-electron chi connectivity index (χ3n) is 4.37. The van der Waals surface area contributed by atoms with E-state index in [1.165, 1.54) is 0 Å². The minimum absolute atomic E-state index is 0.0240. The molecular formula is C19H28F2N2O5. The first-order chi connectivity index (χ1) is 13.0. The molecule has 1 heterocycles. The van der Waals surface area contributed by atoms with Crippen molar-refractivity contribution in [3.8, 4) is 0 Å². The van der Waals surface area contributed by atoms with Gasteiger partial charge in [-0.2, -0.15) is 0 Å². The van der Waals surface area contributed by atoms with Gasteiger partial charge in [-0.3, -0.25) is 4.90 Å². The molecule has 0 radical (unpaired) electrons. The highest BCUT2D eigenvalue weighted by atomic mass is 19.1. The Balaban J connectivity index is 2.02. The highest BCUT2D eigenvalue weighted by molar-refractivity contribution is 5.65. The Bertz CT molecular complexity index is 663. The van der Waals surface area contributed by atoms with Crippen LogP contribution in [0, 0.1) is 17.0 Å².